The van der Waals surface area contributed by atoms with Gasteiger partial charge in [-0.25, -0.2) is 0 Å². The van der Waals surface area contributed by atoms with E-state index in [-0.39, 0.29) is 5.79 Å². The lowest BCUT2D eigenvalue weighted by Crippen LogP contribution is -2.52. The molecule has 3 atom stereocenters. The highest BCUT2D eigenvalue weighted by molar-refractivity contribution is 9.09. The molecule has 0 aromatic heterocycles. The number of fused-ring (bicyclic) bond motifs is 2. The standard InChI is InChI=1S/C10H13BrO2/c11-6-7-3-8-5-10(9(8)4-7)12-1-2-13-10/h1-2,7-9H,3-6H2/t7-,8-,9-/m1/s1. The average Bonchev–Trinajstić information content (AvgIpc) is 2.69. The molecule has 2 nitrogen and oxygen atoms in total. The van der Waals surface area contributed by atoms with Crippen molar-refractivity contribution in [1.82, 2.24) is 0 Å². The largest absolute Gasteiger partial charge is 0.456 e. The molecule has 72 valence electrons. The van der Waals surface area contributed by atoms with Crippen LogP contribution in [0.2, 0.25) is 0 Å². The van der Waals surface area contributed by atoms with Gasteiger partial charge in [0.05, 0.1) is 0 Å². The van der Waals surface area contributed by atoms with Gasteiger partial charge < -0.3 is 9.47 Å². The van der Waals surface area contributed by atoms with Crippen LogP contribution in [0.1, 0.15) is 19.3 Å². The van der Waals surface area contributed by atoms with Gasteiger partial charge >= 0.3 is 0 Å². The van der Waals surface area contributed by atoms with Crippen LogP contribution in [0.5, 0.6) is 0 Å². The van der Waals surface area contributed by atoms with Crippen LogP contribution in [0.25, 0.3) is 0 Å². The van der Waals surface area contributed by atoms with E-state index in [4.69, 9.17) is 9.47 Å². The molecule has 0 aromatic rings. The first-order valence-corrected chi connectivity index (χ1v) is 6.03. The van der Waals surface area contributed by atoms with E-state index in [1.165, 1.54) is 12.8 Å². The minimum atomic E-state index is -0.235. The monoisotopic (exact) mass is 244 g/mol. The van der Waals surface area contributed by atoms with Crippen molar-refractivity contribution in [1.29, 1.82) is 0 Å². The average molecular weight is 245 g/mol. The topological polar surface area (TPSA) is 18.5 Å². The Morgan fingerprint density at radius 3 is 2.77 bits per heavy atom. The fourth-order valence-corrected chi connectivity index (χ4v) is 3.60. The number of hydrogen-bond acceptors (Lipinski definition) is 2. The highest BCUT2D eigenvalue weighted by atomic mass is 79.9. The summed E-state index contributed by atoms with van der Waals surface area (Å²) >= 11 is 3.56. The molecule has 0 amide bonds. The first-order chi connectivity index (χ1) is 6.34. The lowest BCUT2D eigenvalue weighted by molar-refractivity contribution is -0.256. The maximum absolute atomic E-state index is 5.57. The van der Waals surface area contributed by atoms with Crippen LogP contribution in [0.4, 0.5) is 0 Å². The Morgan fingerprint density at radius 2 is 2.08 bits per heavy atom. The lowest BCUT2D eigenvalue weighted by Gasteiger charge is -2.47. The summed E-state index contributed by atoms with van der Waals surface area (Å²) in [6, 6.07) is 0. The van der Waals surface area contributed by atoms with Gasteiger partial charge in [-0.05, 0) is 24.7 Å². The number of hydrogen-bond donors (Lipinski definition) is 0. The zero-order valence-electron chi connectivity index (χ0n) is 7.41. The molecule has 1 spiro atoms. The Morgan fingerprint density at radius 1 is 1.31 bits per heavy atom. The summed E-state index contributed by atoms with van der Waals surface area (Å²) in [6.07, 6.45) is 7.09. The first-order valence-electron chi connectivity index (χ1n) is 4.91. The van der Waals surface area contributed by atoms with Gasteiger partial charge in [0.1, 0.15) is 12.5 Å². The molecule has 3 rings (SSSR count). The minimum absolute atomic E-state index is 0.235. The highest BCUT2D eigenvalue weighted by Crippen LogP contribution is 2.59. The second-order valence-electron chi connectivity index (χ2n) is 4.38. The molecule has 3 aliphatic rings. The Bertz CT molecular complexity index is 243. The third kappa shape index (κ3) is 0.997. The molecule has 2 fully saturated rings. The van der Waals surface area contributed by atoms with Gasteiger partial charge in [0.15, 0.2) is 0 Å². The molecule has 0 bridgehead atoms. The predicted molar refractivity (Wildman–Crippen MR) is 52.2 cm³/mol. The van der Waals surface area contributed by atoms with Gasteiger partial charge in [0.2, 0.25) is 0 Å². The van der Waals surface area contributed by atoms with Crippen molar-refractivity contribution < 1.29 is 9.47 Å². The summed E-state index contributed by atoms with van der Waals surface area (Å²) < 4.78 is 11.1. The van der Waals surface area contributed by atoms with Crippen LogP contribution in [-0.2, 0) is 9.47 Å². The number of halogens is 1. The third-order valence-electron chi connectivity index (χ3n) is 3.71. The quantitative estimate of drug-likeness (QED) is 0.661. The van der Waals surface area contributed by atoms with Crippen LogP contribution in [-0.4, -0.2) is 11.1 Å². The van der Waals surface area contributed by atoms with E-state index in [1.54, 1.807) is 12.5 Å². The predicted octanol–water partition coefficient (Wildman–Crippen LogP) is 2.64. The van der Waals surface area contributed by atoms with Crippen LogP contribution >= 0.6 is 15.9 Å². The molecule has 0 unspecified atom stereocenters. The summed E-state index contributed by atoms with van der Waals surface area (Å²) in [5.74, 6) is 2.09. The third-order valence-corrected chi connectivity index (χ3v) is 4.63. The van der Waals surface area contributed by atoms with E-state index in [1.807, 2.05) is 0 Å². The lowest BCUT2D eigenvalue weighted by atomic mass is 9.70. The molecular weight excluding hydrogens is 232 g/mol. The number of ether oxygens (including phenoxy) is 2. The highest BCUT2D eigenvalue weighted by Gasteiger charge is 2.62. The second-order valence-corrected chi connectivity index (χ2v) is 5.03. The first kappa shape index (κ1) is 8.16. The fourth-order valence-electron chi connectivity index (χ4n) is 3.07. The molecule has 0 saturated heterocycles. The van der Waals surface area contributed by atoms with Crippen LogP contribution < -0.4 is 0 Å². The van der Waals surface area contributed by atoms with E-state index in [0.717, 1.165) is 23.6 Å². The van der Waals surface area contributed by atoms with E-state index < -0.39 is 0 Å². The van der Waals surface area contributed by atoms with Gasteiger partial charge in [-0.1, -0.05) is 15.9 Å². The van der Waals surface area contributed by atoms with E-state index in [2.05, 4.69) is 15.9 Å². The minimum Gasteiger partial charge on any atom is -0.456 e. The smallest absolute Gasteiger partial charge is 0.253 e. The summed E-state index contributed by atoms with van der Waals surface area (Å²) in [4.78, 5) is 0. The van der Waals surface area contributed by atoms with Crippen LogP contribution in [0.15, 0.2) is 12.5 Å². The summed E-state index contributed by atoms with van der Waals surface area (Å²) in [5, 5.41) is 1.13. The summed E-state index contributed by atoms with van der Waals surface area (Å²) in [5.41, 5.74) is 0. The van der Waals surface area contributed by atoms with Gasteiger partial charge in [-0.2, -0.15) is 0 Å². The molecule has 0 N–H and O–H groups in total. The van der Waals surface area contributed by atoms with E-state index in [0.29, 0.717) is 5.92 Å². The van der Waals surface area contributed by atoms with Crippen molar-refractivity contribution in [3.63, 3.8) is 0 Å². The number of alkyl halides is 1. The summed E-state index contributed by atoms with van der Waals surface area (Å²) in [7, 11) is 0. The molecule has 1 aliphatic heterocycles. The molecule has 2 aliphatic carbocycles. The van der Waals surface area contributed by atoms with Crippen LogP contribution in [0.3, 0.4) is 0 Å². The summed E-state index contributed by atoms with van der Waals surface area (Å²) in [6.45, 7) is 0. The number of rotatable bonds is 1. The molecule has 0 aromatic carbocycles. The Labute approximate surface area is 86.4 Å². The molecule has 3 heteroatoms. The van der Waals surface area contributed by atoms with Gasteiger partial charge in [0.25, 0.3) is 5.79 Å². The van der Waals surface area contributed by atoms with E-state index >= 15 is 0 Å². The van der Waals surface area contributed by atoms with Crippen LogP contribution in [0, 0.1) is 17.8 Å². The molecule has 1 heterocycles. The molecule has 2 saturated carbocycles. The van der Waals surface area contributed by atoms with Gasteiger partial charge in [-0.3, -0.25) is 0 Å². The Kier molecular flexibility index (Phi) is 1.67. The zero-order valence-corrected chi connectivity index (χ0v) is 9.00. The fraction of sp³-hybridized carbons (Fsp3) is 0.800. The van der Waals surface area contributed by atoms with Crippen molar-refractivity contribution in [3.05, 3.63) is 12.5 Å². The van der Waals surface area contributed by atoms with Gasteiger partial charge in [-0.15, -0.1) is 0 Å². The molecule has 13 heavy (non-hydrogen) atoms. The normalized spacial score (nSPS) is 43.9. The van der Waals surface area contributed by atoms with Crippen molar-refractivity contribution in [3.8, 4) is 0 Å². The van der Waals surface area contributed by atoms with Crippen molar-refractivity contribution >= 4 is 15.9 Å². The zero-order chi connectivity index (χ0) is 8.89. The molecule has 0 radical (unpaired) electrons. The Balaban J connectivity index is 1.72. The maximum Gasteiger partial charge on any atom is 0.253 e. The Hall–Kier alpha value is -0.180. The van der Waals surface area contributed by atoms with E-state index in [9.17, 15) is 0 Å². The SMILES string of the molecule is BrC[C@@H]1C[C@@H]2CC3(OC=CO3)[C@@H]2C1. The molecular formula is C10H13BrO2. The maximum atomic E-state index is 5.57. The second kappa shape index (κ2) is 2.66. The van der Waals surface area contributed by atoms with Crippen molar-refractivity contribution in [2.45, 2.75) is 25.0 Å². The van der Waals surface area contributed by atoms with Gasteiger partial charge in [0, 0.05) is 17.7 Å². The van der Waals surface area contributed by atoms with Crippen molar-refractivity contribution in [2.75, 3.05) is 5.33 Å². The van der Waals surface area contributed by atoms with Crippen molar-refractivity contribution in [2.24, 2.45) is 17.8 Å².